The summed E-state index contributed by atoms with van der Waals surface area (Å²) in [5, 5.41) is 13.9. The molecule has 4 nitrogen and oxygen atoms in total. The number of hydrogen-bond acceptors (Lipinski definition) is 4. The zero-order valence-corrected chi connectivity index (χ0v) is 16.4. The van der Waals surface area contributed by atoms with E-state index in [2.05, 4.69) is 20.5 Å². The van der Waals surface area contributed by atoms with E-state index in [0.717, 1.165) is 22.0 Å². The SMILES string of the molecule is CC.Fc1ccc(Nc2nnc(Cc3ccncc3)c3ccccc23)cc1Cl. The molecule has 0 unspecified atom stereocenters. The molecule has 2 aromatic heterocycles. The van der Waals surface area contributed by atoms with Crippen LogP contribution < -0.4 is 5.32 Å². The van der Waals surface area contributed by atoms with E-state index in [1.165, 1.54) is 12.1 Å². The van der Waals surface area contributed by atoms with Gasteiger partial charge in [-0.3, -0.25) is 4.98 Å². The fourth-order valence-electron chi connectivity index (χ4n) is 2.79. The molecule has 0 spiro atoms. The topological polar surface area (TPSA) is 50.7 Å². The van der Waals surface area contributed by atoms with Crippen LogP contribution in [0.5, 0.6) is 0 Å². The number of fused-ring (bicyclic) bond motifs is 1. The van der Waals surface area contributed by atoms with Crippen LogP contribution in [0.15, 0.2) is 67.0 Å². The fraction of sp³-hybridized carbons (Fsp3) is 0.136. The highest BCUT2D eigenvalue weighted by Gasteiger charge is 2.11. The summed E-state index contributed by atoms with van der Waals surface area (Å²) in [5.74, 6) is 0.141. The van der Waals surface area contributed by atoms with Gasteiger partial charge in [0.25, 0.3) is 0 Å². The highest BCUT2D eigenvalue weighted by molar-refractivity contribution is 6.31. The standard InChI is InChI=1S/C20H14ClFN4.C2H6/c21-17-12-14(5-6-18(17)22)24-20-16-4-2-1-3-15(16)19(25-26-20)11-13-7-9-23-10-8-13;1-2/h1-10,12H,11H2,(H,24,26);1-2H3. The second-order valence-corrected chi connectivity index (χ2v) is 6.23. The Hall–Kier alpha value is -3.05. The number of aromatic nitrogens is 3. The van der Waals surface area contributed by atoms with Gasteiger partial charge in [-0.2, -0.15) is 5.10 Å². The summed E-state index contributed by atoms with van der Waals surface area (Å²) < 4.78 is 13.4. The fourth-order valence-corrected chi connectivity index (χ4v) is 2.97. The minimum Gasteiger partial charge on any atom is -0.338 e. The summed E-state index contributed by atoms with van der Waals surface area (Å²) in [7, 11) is 0. The number of nitrogens with zero attached hydrogens (tertiary/aromatic N) is 3. The lowest BCUT2D eigenvalue weighted by Gasteiger charge is -2.11. The molecule has 0 radical (unpaired) electrons. The van der Waals surface area contributed by atoms with E-state index in [0.29, 0.717) is 17.9 Å². The van der Waals surface area contributed by atoms with Crippen LogP contribution in [0.25, 0.3) is 10.8 Å². The van der Waals surface area contributed by atoms with Gasteiger partial charge in [0.05, 0.1) is 10.7 Å². The van der Waals surface area contributed by atoms with Crippen LogP contribution >= 0.6 is 11.6 Å². The number of halogens is 2. The van der Waals surface area contributed by atoms with Crippen LogP contribution in [0.2, 0.25) is 5.02 Å². The van der Waals surface area contributed by atoms with Gasteiger partial charge in [0.2, 0.25) is 0 Å². The lowest BCUT2D eigenvalue weighted by molar-refractivity contribution is 0.628. The molecule has 0 atom stereocenters. The summed E-state index contributed by atoms with van der Waals surface area (Å²) in [6.45, 7) is 4.00. The molecule has 4 aromatic rings. The van der Waals surface area contributed by atoms with E-state index in [1.807, 2.05) is 50.2 Å². The minimum absolute atomic E-state index is 0.0570. The van der Waals surface area contributed by atoms with Crippen LogP contribution in [0.3, 0.4) is 0 Å². The molecule has 0 amide bonds. The number of pyridine rings is 1. The largest absolute Gasteiger partial charge is 0.338 e. The maximum absolute atomic E-state index is 13.4. The van der Waals surface area contributed by atoms with E-state index in [9.17, 15) is 4.39 Å². The number of nitrogens with one attached hydrogen (secondary N) is 1. The molecule has 4 rings (SSSR count). The molecule has 2 aromatic carbocycles. The summed E-state index contributed by atoms with van der Waals surface area (Å²) >= 11 is 5.86. The molecule has 6 heteroatoms. The Kier molecular flexibility index (Phi) is 6.50. The highest BCUT2D eigenvalue weighted by atomic mass is 35.5. The lowest BCUT2D eigenvalue weighted by atomic mass is 10.0. The maximum atomic E-state index is 13.4. The Morgan fingerprint density at radius 1 is 0.929 bits per heavy atom. The van der Waals surface area contributed by atoms with Crippen LogP contribution in [0.1, 0.15) is 25.1 Å². The molecular formula is C22H20ClFN4. The molecule has 142 valence electrons. The number of anilines is 2. The van der Waals surface area contributed by atoms with Gasteiger partial charge >= 0.3 is 0 Å². The Morgan fingerprint density at radius 3 is 2.36 bits per heavy atom. The van der Waals surface area contributed by atoms with Crippen molar-refractivity contribution in [3.8, 4) is 0 Å². The zero-order chi connectivity index (χ0) is 19.9. The van der Waals surface area contributed by atoms with Gasteiger partial charge in [-0.05, 0) is 35.9 Å². The molecule has 1 N–H and O–H groups in total. The molecule has 0 bridgehead atoms. The van der Waals surface area contributed by atoms with E-state index in [4.69, 9.17) is 11.6 Å². The number of hydrogen-bond donors (Lipinski definition) is 1. The van der Waals surface area contributed by atoms with E-state index in [-0.39, 0.29) is 5.02 Å². The van der Waals surface area contributed by atoms with Crippen molar-refractivity contribution >= 4 is 33.9 Å². The Labute approximate surface area is 168 Å². The van der Waals surface area contributed by atoms with E-state index >= 15 is 0 Å². The van der Waals surface area contributed by atoms with Crippen molar-refractivity contribution in [1.82, 2.24) is 15.2 Å². The molecule has 0 aliphatic heterocycles. The number of rotatable bonds is 4. The quantitative estimate of drug-likeness (QED) is 0.449. The molecule has 0 fully saturated rings. The summed E-state index contributed by atoms with van der Waals surface area (Å²) in [4.78, 5) is 4.04. The first-order valence-corrected chi connectivity index (χ1v) is 9.44. The number of benzene rings is 2. The van der Waals surface area contributed by atoms with Crippen molar-refractivity contribution in [1.29, 1.82) is 0 Å². The monoisotopic (exact) mass is 394 g/mol. The minimum atomic E-state index is -0.458. The van der Waals surface area contributed by atoms with Gasteiger partial charge in [0.15, 0.2) is 5.82 Å². The van der Waals surface area contributed by atoms with Gasteiger partial charge in [-0.15, -0.1) is 5.10 Å². The van der Waals surface area contributed by atoms with Crippen LogP contribution in [0, 0.1) is 5.82 Å². The van der Waals surface area contributed by atoms with Crippen molar-refractivity contribution in [3.63, 3.8) is 0 Å². The van der Waals surface area contributed by atoms with Crippen molar-refractivity contribution in [2.45, 2.75) is 20.3 Å². The first-order valence-electron chi connectivity index (χ1n) is 9.06. The van der Waals surface area contributed by atoms with Crippen molar-refractivity contribution in [2.75, 3.05) is 5.32 Å². The van der Waals surface area contributed by atoms with Crippen molar-refractivity contribution in [3.05, 3.63) is 89.1 Å². The lowest BCUT2D eigenvalue weighted by Crippen LogP contribution is -2.02. The average Bonchev–Trinajstić information content (AvgIpc) is 2.75. The average molecular weight is 395 g/mol. The normalized spacial score (nSPS) is 10.3. The predicted octanol–water partition coefficient (Wildman–Crippen LogP) is 6.18. The second-order valence-electron chi connectivity index (χ2n) is 5.83. The van der Waals surface area contributed by atoms with Crippen LogP contribution in [0.4, 0.5) is 15.9 Å². The third kappa shape index (κ3) is 4.43. The predicted molar refractivity (Wildman–Crippen MR) is 113 cm³/mol. The molecule has 0 aliphatic carbocycles. The molecule has 0 saturated carbocycles. The van der Waals surface area contributed by atoms with Crippen LogP contribution in [-0.2, 0) is 6.42 Å². The second kappa shape index (κ2) is 9.24. The van der Waals surface area contributed by atoms with Gasteiger partial charge < -0.3 is 5.32 Å². The van der Waals surface area contributed by atoms with Gasteiger partial charge in [0, 0.05) is 35.3 Å². The smallest absolute Gasteiger partial charge is 0.160 e. The Bertz CT molecular complexity index is 1070. The van der Waals surface area contributed by atoms with Gasteiger partial charge in [-0.25, -0.2) is 4.39 Å². The zero-order valence-electron chi connectivity index (χ0n) is 15.7. The molecule has 2 heterocycles. The first kappa shape index (κ1) is 19.7. The maximum Gasteiger partial charge on any atom is 0.160 e. The third-order valence-corrected chi connectivity index (χ3v) is 4.36. The highest BCUT2D eigenvalue weighted by Crippen LogP contribution is 2.28. The van der Waals surface area contributed by atoms with Crippen LogP contribution in [-0.4, -0.2) is 15.2 Å². The summed E-state index contributed by atoms with van der Waals surface area (Å²) in [6.07, 6.45) is 4.19. The molecule has 0 aliphatic rings. The first-order chi connectivity index (χ1) is 13.7. The Morgan fingerprint density at radius 2 is 1.64 bits per heavy atom. The molecule has 0 saturated heterocycles. The van der Waals surface area contributed by atoms with E-state index < -0.39 is 5.82 Å². The van der Waals surface area contributed by atoms with Crippen molar-refractivity contribution in [2.24, 2.45) is 0 Å². The summed E-state index contributed by atoms with van der Waals surface area (Å²) in [5.41, 5.74) is 2.65. The van der Waals surface area contributed by atoms with E-state index in [1.54, 1.807) is 18.5 Å². The molecular weight excluding hydrogens is 375 g/mol. The van der Waals surface area contributed by atoms with Gasteiger partial charge in [-0.1, -0.05) is 49.7 Å². The van der Waals surface area contributed by atoms with Crippen molar-refractivity contribution < 1.29 is 4.39 Å². The third-order valence-electron chi connectivity index (χ3n) is 4.07. The Balaban J connectivity index is 0.00000109. The van der Waals surface area contributed by atoms with Gasteiger partial charge in [0.1, 0.15) is 5.82 Å². The molecule has 28 heavy (non-hydrogen) atoms. The summed E-state index contributed by atoms with van der Waals surface area (Å²) in [6, 6.07) is 16.3.